The highest BCUT2D eigenvalue weighted by atomic mass is 16.5. The third-order valence-corrected chi connectivity index (χ3v) is 4.00. The van der Waals surface area contributed by atoms with Crippen LogP contribution in [0.1, 0.15) is 31.2 Å². The maximum Gasteiger partial charge on any atom is 0.273 e. The Kier molecular flexibility index (Phi) is 4.07. The number of nitrogen functional groups attached to an aromatic ring is 1. The second-order valence-electron chi connectivity index (χ2n) is 5.25. The highest BCUT2D eigenvalue weighted by Gasteiger charge is 2.21. The SMILES string of the molecule is CO[C@H]1CC[C@@H](Cn2ccc(C)c(N)c2=O)CC1. The number of hydrogen-bond acceptors (Lipinski definition) is 3. The zero-order chi connectivity index (χ0) is 13.1. The van der Waals surface area contributed by atoms with Crippen LogP contribution in [0.3, 0.4) is 0 Å². The number of rotatable bonds is 3. The average Bonchev–Trinajstić information content (AvgIpc) is 2.40. The fraction of sp³-hybridized carbons (Fsp3) is 0.643. The molecule has 1 fully saturated rings. The quantitative estimate of drug-likeness (QED) is 0.892. The molecule has 2 rings (SSSR count). The molecule has 1 heterocycles. The van der Waals surface area contributed by atoms with Crippen LogP contribution in [0.25, 0.3) is 0 Å². The normalized spacial score (nSPS) is 24.1. The fourth-order valence-electron chi connectivity index (χ4n) is 2.65. The number of aryl methyl sites for hydroxylation is 1. The van der Waals surface area contributed by atoms with Crippen molar-refractivity contribution in [3.05, 3.63) is 28.2 Å². The number of anilines is 1. The van der Waals surface area contributed by atoms with Gasteiger partial charge in [-0.2, -0.15) is 0 Å². The van der Waals surface area contributed by atoms with Crippen molar-refractivity contribution in [1.29, 1.82) is 0 Å². The largest absolute Gasteiger partial charge is 0.394 e. The molecule has 18 heavy (non-hydrogen) atoms. The Balaban J connectivity index is 2.03. The van der Waals surface area contributed by atoms with Crippen molar-refractivity contribution in [3.8, 4) is 0 Å². The molecule has 0 radical (unpaired) electrons. The molecule has 1 aliphatic rings. The monoisotopic (exact) mass is 250 g/mol. The first-order valence-corrected chi connectivity index (χ1v) is 6.60. The summed E-state index contributed by atoms with van der Waals surface area (Å²) in [6, 6.07) is 1.91. The highest BCUT2D eigenvalue weighted by Crippen LogP contribution is 2.26. The van der Waals surface area contributed by atoms with Gasteiger partial charge in [0.15, 0.2) is 0 Å². The van der Waals surface area contributed by atoms with Gasteiger partial charge >= 0.3 is 0 Å². The van der Waals surface area contributed by atoms with Crippen molar-refractivity contribution in [2.45, 2.75) is 45.3 Å². The Morgan fingerprint density at radius 1 is 1.39 bits per heavy atom. The van der Waals surface area contributed by atoms with E-state index in [9.17, 15) is 4.79 Å². The van der Waals surface area contributed by atoms with Crippen molar-refractivity contribution in [3.63, 3.8) is 0 Å². The lowest BCUT2D eigenvalue weighted by Gasteiger charge is -2.28. The minimum Gasteiger partial charge on any atom is -0.394 e. The predicted octanol–water partition coefficient (Wildman–Crippen LogP) is 1.94. The van der Waals surface area contributed by atoms with Crippen molar-refractivity contribution >= 4 is 5.69 Å². The molecule has 2 N–H and O–H groups in total. The van der Waals surface area contributed by atoms with Gasteiger partial charge in [0.2, 0.25) is 0 Å². The molecule has 0 bridgehead atoms. The van der Waals surface area contributed by atoms with Gasteiger partial charge in [0, 0.05) is 19.9 Å². The molecule has 0 aliphatic heterocycles. The minimum absolute atomic E-state index is 0.0520. The summed E-state index contributed by atoms with van der Waals surface area (Å²) in [6.07, 6.45) is 6.70. The molecule has 0 atom stereocenters. The highest BCUT2D eigenvalue weighted by molar-refractivity contribution is 5.42. The van der Waals surface area contributed by atoms with Gasteiger partial charge in [-0.05, 0) is 50.2 Å². The van der Waals surface area contributed by atoms with E-state index in [0.29, 0.717) is 17.7 Å². The average molecular weight is 250 g/mol. The maximum atomic E-state index is 12.0. The van der Waals surface area contributed by atoms with Gasteiger partial charge in [0.25, 0.3) is 5.56 Å². The second kappa shape index (κ2) is 5.57. The number of aromatic nitrogens is 1. The van der Waals surface area contributed by atoms with E-state index < -0.39 is 0 Å². The van der Waals surface area contributed by atoms with Gasteiger partial charge in [-0.25, -0.2) is 0 Å². The third kappa shape index (κ3) is 2.75. The molecule has 100 valence electrons. The van der Waals surface area contributed by atoms with E-state index in [1.165, 1.54) is 0 Å². The van der Waals surface area contributed by atoms with Crippen molar-refractivity contribution < 1.29 is 4.74 Å². The first-order valence-electron chi connectivity index (χ1n) is 6.60. The molecule has 4 nitrogen and oxygen atoms in total. The second-order valence-corrected chi connectivity index (χ2v) is 5.25. The van der Waals surface area contributed by atoms with E-state index in [0.717, 1.165) is 37.8 Å². The van der Waals surface area contributed by atoms with E-state index in [1.54, 1.807) is 11.7 Å². The van der Waals surface area contributed by atoms with Gasteiger partial charge in [0.05, 0.1) is 6.10 Å². The molecular weight excluding hydrogens is 228 g/mol. The molecule has 0 saturated heterocycles. The first-order chi connectivity index (χ1) is 8.61. The summed E-state index contributed by atoms with van der Waals surface area (Å²) >= 11 is 0. The number of ether oxygens (including phenoxy) is 1. The summed E-state index contributed by atoms with van der Waals surface area (Å²) in [5.41, 5.74) is 6.96. The summed E-state index contributed by atoms with van der Waals surface area (Å²) in [5.74, 6) is 0.566. The molecule has 1 saturated carbocycles. The molecule has 4 heteroatoms. The van der Waals surface area contributed by atoms with Crippen LogP contribution in [0.2, 0.25) is 0 Å². The zero-order valence-electron chi connectivity index (χ0n) is 11.2. The van der Waals surface area contributed by atoms with Crippen LogP contribution < -0.4 is 11.3 Å². The molecule has 0 aromatic carbocycles. The molecule has 0 spiro atoms. The lowest BCUT2D eigenvalue weighted by molar-refractivity contribution is 0.0541. The standard InChI is InChI=1S/C14H22N2O2/c1-10-7-8-16(14(17)13(10)15)9-11-3-5-12(18-2)6-4-11/h7-8,11-12H,3-6,9,15H2,1-2H3/t11-,12+. The minimum atomic E-state index is -0.0520. The van der Waals surface area contributed by atoms with Gasteiger partial charge in [-0.3, -0.25) is 4.79 Å². The number of methoxy groups -OCH3 is 1. The number of nitrogens with zero attached hydrogens (tertiary/aromatic N) is 1. The third-order valence-electron chi connectivity index (χ3n) is 4.00. The van der Waals surface area contributed by atoms with Gasteiger partial charge in [-0.15, -0.1) is 0 Å². The summed E-state index contributed by atoms with van der Waals surface area (Å²) < 4.78 is 7.11. The Morgan fingerprint density at radius 3 is 2.67 bits per heavy atom. The number of nitrogens with two attached hydrogens (primary N) is 1. The van der Waals surface area contributed by atoms with E-state index >= 15 is 0 Å². The topological polar surface area (TPSA) is 57.2 Å². The maximum absolute atomic E-state index is 12.0. The molecule has 0 unspecified atom stereocenters. The zero-order valence-corrected chi connectivity index (χ0v) is 11.2. The smallest absolute Gasteiger partial charge is 0.273 e. The van der Waals surface area contributed by atoms with Crippen LogP contribution in [0.15, 0.2) is 17.1 Å². The Hall–Kier alpha value is -1.29. The van der Waals surface area contributed by atoms with E-state index in [1.807, 2.05) is 19.2 Å². The molecule has 1 aromatic rings. The number of hydrogen-bond donors (Lipinski definition) is 1. The Morgan fingerprint density at radius 2 is 2.06 bits per heavy atom. The number of pyridine rings is 1. The van der Waals surface area contributed by atoms with E-state index in [4.69, 9.17) is 10.5 Å². The van der Waals surface area contributed by atoms with E-state index in [2.05, 4.69) is 0 Å². The van der Waals surface area contributed by atoms with Crippen molar-refractivity contribution in [1.82, 2.24) is 4.57 Å². The molecular formula is C14H22N2O2. The summed E-state index contributed by atoms with van der Waals surface area (Å²) in [6.45, 7) is 2.64. The lowest BCUT2D eigenvalue weighted by Crippen LogP contribution is -2.29. The van der Waals surface area contributed by atoms with Crippen LogP contribution in [0, 0.1) is 12.8 Å². The Bertz CT molecular complexity index is 459. The van der Waals surface area contributed by atoms with Gasteiger partial charge in [0.1, 0.15) is 5.69 Å². The molecule has 1 aliphatic carbocycles. The predicted molar refractivity (Wildman–Crippen MR) is 72.6 cm³/mol. The van der Waals surface area contributed by atoms with Crippen LogP contribution in [-0.2, 0) is 11.3 Å². The Labute approximate surface area is 108 Å². The lowest BCUT2D eigenvalue weighted by atomic mass is 9.87. The van der Waals surface area contributed by atoms with E-state index in [-0.39, 0.29) is 5.56 Å². The molecule has 1 aromatic heterocycles. The van der Waals surface area contributed by atoms with Crippen molar-refractivity contribution in [2.75, 3.05) is 12.8 Å². The van der Waals surface area contributed by atoms with Crippen LogP contribution in [0.5, 0.6) is 0 Å². The molecule has 0 amide bonds. The van der Waals surface area contributed by atoms with Gasteiger partial charge < -0.3 is 15.0 Å². The van der Waals surface area contributed by atoms with Crippen LogP contribution in [0.4, 0.5) is 5.69 Å². The van der Waals surface area contributed by atoms with Crippen molar-refractivity contribution in [2.24, 2.45) is 5.92 Å². The summed E-state index contributed by atoms with van der Waals surface area (Å²) in [7, 11) is 1.77. The van der Waals surface area contributed by atoms with Gasteiger partial charge in [-0.1, -0.05) is 0 Å². The first kappa shape index (κ1) is 13.1. The van der Waals surface area contributed by atoms with Crippen LogP contribution in [-0.4, -0.2) is 17.8 Å². The summed E-state index contributed by atoms with van der Waals surface area (Å²) in [4.78, 5) is 12.0. The summed E-state index contributed by atoms with van der Waals surface area (Å²) in [5, 5.41) is 0. The van der Waals surface area contributed by atoms with Crippen LogP contribution >= 0.6 is 0 Å². The fourth-order valence-corrected chi connectivity index (χ4v) is 2.65.